The molecule has 0 aliphatic heterocycles. The third-order valence-corrected chi connectivity index (χ3v) is 3.27. The Labute approximate surface area is 110 Å². The molecule has 1 aromatic carbocycles. The highest BCUT2D eigenvalue weighted by atomic mass is 16.5. The molecule has 0 saturated carbocycles. The Morgan fingerprint density at radius 3 is 2.50 bits per heavy atom. The zero-order valence-corrected chi connectivity index (χ0v) is 12.1. The minimum absolute atomic E-state index is 0.124. The summed E-state index contributed by atoms with van der Waals surface area (Å²) in [6.45, 7) is 8.58. The summed E-state index contributed by atoms with van der Waals surface area (Å²) in [6.07, 6.45) is 1.48. The van der Waals surface area contributed by atoms with Crippen LogP contribution in [0.4, 0.5) is 0 Å². The third kappa shape index (κ3) is 4.17. The number of carbonyl (C=O) groups excluding carboxylic acids is 1. The van der Waals surface area contributed by atoms with Gasteiger partial charge in [-0.05, 0) is 43.2 Å². The Bertz CT molecular complexity index is 408. The second-order valence-corrected chi connectivity index (χ2v) is 5.47. The van der Waals surface area contributed by atoms with Gasteiger partial charge in [-0.3, -0.25) is 4.79 Å². The van der Waals surface area contributed by atoms with Gasteiger partial charge >= 0.3 is 5.97 Å². The van der Waals surface area contributed by atoms with E-state index in [1.54, 1.807) is 0 Å². The van der Waals surface area contributed by atoms with Crippen LogP contribution in [0.25, 0.3) is 0 Å². The van der Waals surface area contributed by atoms with Gasteiger partial charge in [0.25, 0.3) is 0 Å². The monoisotopic (exact) mass is 248 g/mol. The van der Waals surface area contributed by atoms with Crippen molar-refractivity contribution in [2.24, 2.45) is 5.92 Å². The number of benzene rings is 1. The molecule has 100 valence electrons. The van der Waals surface area contributed by atoms with Gasteiger partial charge in [-0.1, -0.05) is 37.6 Å². The number of carbonyl (C=O) groups is 1. The first-order chi connectivity index (χ1) is 8.43. The molecule has 0 bridgehead atoms. The van der Waals surface area contributed by atoms with E-state index < -0.39 is 0 Å². The van der Waals surface area contributed by atoms with Gasteiger partial charge in [0.1, 0.15) is 0 Å². The van der Waals surface area contributed by atoms with Crippen molar-refractivity contribution in [2.45, 2.75) is 46.5 Å². The van der Waals surface area contributed by atoms with Crippen molar-refractivity contribution < 1.29 is 9.53 Å². The fourth-order valence-electron chi connectivity index (χ4n) is 2.37. The van der Waals surface area contributed by atoms with Crippen molar-refractivity contribution in [3.8, 4) is 0 Å². The average molecular weight is 248 g/mol. The second-order valence-electron chi connectivity index (χ2n) is 5.47. The van der Waals surface area contributed by atoms with Crippen LogP contribution < -0.4 is 0 Å². The molecule has 0 radical (unpaired) electrons. The standard InChI is InChI=1S/C16H24O2/c1-11(2)8-14(10-16(17)18-5)15-9-12(3)6-7-13(15)4/h6-7,9,11,14H,8,10H2,1-5H3. The molecule has 0 amide bonds. The maximum absolute atomic E-state index is 11.6. The molecule has 1 rings (SSSR count). The van der Waals surface area contributed by atoms with E-state index in [0.717, 1.165) is 6.42 Å². The van der Waals surface area contributed by atoms with Crippen LogP contribution in [-0.4, -0.2) is 13.1 Å². The van der Waals surface area contributed by atoms with E-state index in [2.05, 4.69) is 45.9 Å². The molecule has 0 fully saturated rings. The van der Waals surface area contributed by atoms with Gasteiger partial charge < -0.3 is 4.74 Å². The van der Waals surface area contributed by atoms with Gasteiger partial charge in [0.2, 0.25) is 0 Å². The van der Waals surface area contributed by atoms with Gasteiger partial charge in [-0.2, -0.15) is 0 Å². The fourth-order valence-corrected chi connectivity index (χ4v) is 2.37. The van der Waals surface area contributed by atoms with Crippen molar-refractivity contribution >= 4 is 5.97 Å². The van der Waals surface area contributed by atoms with Gasteiger partial charge in [-0.15, -0.1) is 0 Å². The maximum atomic E-state index is 11.6. The topological polar surface area (TPSA) is 26.3 Å². The average Bonchev–Trinajstić information content (AvgIpc) is 2.30. The maximum Gasteiger partial charge on any atom is 0.306 e. The van der Waals surface area contributed by atoms with Crippen LogP contribution in [0.15, 0.2) is 18.2 Å². The number of aryl methyl sites for hydroxylation is 2. The van der Waals surface area contributed by atoms with Crippen LogP contribution in [0, 0.1) is 19.8 Å². The van der Waals surface area contributed by atoms with E-state index in [0.29, 0.717) is 12.3 Å². The SMILES string of the molecule is COC(=O)CC(CC(C)C)c1cc(C)ccc1C. The van der Waals surface area contributed by atoms with E-state index in [4.69, 9.17) is 4.74 Å². The molecule has 0 N–H and O–H groups in total. The Balaban J connectivity index is 3.00. The van der Waals surface area contributed by atoms with Crippen LogP contribution in [-0.2, 0) is 9.53 Å². The van der Waals surface area contributed by atoms with Crippen LogP contribution in [0.5, 0.6) is 0 Å². The molecule has 18 heavy (non-hydrogen) atoms. The van der Waals surface area contributed by atoms with Crippen LogP contribution in [0.3, 0.4) is 0 Å². The molecule has 0 saturated heterocycles. The zero-order chi connectivity index (χ0) is 13.7. The van der Waals surface area contributed by atoms with Gasteiger partial charge in [0.15, 0.2) is 0 Å². The summed E-state index contributed by atoms with van der Waals surface area (Å²) >= 11 is 0. The Kier molecular flexibility index (Phi) is 5.39. The van der Waals surface area contributed by atoms with E-state index in [1.165, 1.54) is 23.8 Å². The van der Waals surface area contributed by atoms with Crippen molar-refractivity contribution in [1.82, 2.24) is 0 Å². The van der Waals surface area contributed by atoms with Crippen molar-refractivity contribution in [2.75, 3.05) is 7.11 Å². The summed E-state index contributed by atoms with van der Waals surface area (Å²) in [5.74, 6) is 0.707. The second kappa shape index (κ2) is 6.58. The number of hydrogen-bond acceptors (Lipinski definition) is 2. The van der Waals surface area contributed by atoms with Gasteiger partial charge in [-0.25, -0.2) is 0 Å². The molecule has 0 aliphatic carbocycles. The zero-order valence-electron chi connectivity index (χ0n) is 12.1. The minimum Gasteiger partial charge on any atom is -0.469 e. The van der Waals surface area contributed by atoms with Crippen molar-refractivity contribution in [3.05, 3.63) is 34.9 Å². The van der Waals surface area contributed by atoms with Crippen molar-refractivity contribution in [3.63, 3.8) is 0 Å². The quantitative estimate of drug-likeness (QED) is 0.736. The first-order valence-corrected chi connectivity index (χ1v) is 6.58. The predicted octanol–water partition coefficient (Wildman–Crippen LogP) is 4.00. The molecular formula is C16H24O2. The first kappa shape index (κ1) is 14.7. The number of rotatable bonds is 5. The third-order valence-electron chi connectivity index (χ3n) is 3.27. The molecule has 0 spiro atoms. The lowest BCUT2D eigenvalue weighted by Crippen LogP contribution is -2.12. The smallest absolute Gasteiger partial charge is 0.306 e. The lowest BCUT2D eigenvalue weighted by atomic mass is 9.85. The largest absolute Gasteiger partial charge is 0.469 e. The normalized spacial score (nSPS) is 12.6. The van der Waals surface area contributed by atoms with Gasteiger partial charge in [0.05, 0.1) is 13.5 Å². The summed E-state index contributed by atoms with van der Waals surface area (Å²) < 4.78 is 4.81. The first-order valence-electron chi connectivity index (χ1n) is 6.58. The lowest BCUT2D eigenvalue weighted by molar-refractivity contribution is -0.141. The molecule has 0 heterocycles. The highest BCUT2D eigenvalue weighted by Gasteiger charge is 2.19. The number of ether oxygens (including phenoxy) is 1. The highest BCUT2D eigenvalue weighted by Crippen LogP contribution is 2.30. The van der Waals surface area contributed by atoms with E-state index in [-0.39, 0.29) is 11.9 Å². The molecule has 2 heteroatoms. The molecule has 1 unspecified atom stereocenters. The summed E-state index contributed by atoms with van der Waals surface area (Å²) in [5, 5.41) is 0. The van der Waals surface area contributed by atoms with E-state index >= 15 is 0 Å². The van der Waals surface area contributed by atoms with Crippen molar-refractivity contribution in [1.29, 1.82) is 0 Å². The summed E-state index contributed by atoms with van der Waals surface area (Å²) in [6, 6.07) is 6.45. The Hall–Kier alpha value is -1.31. The van der Waals surface area contributed by atoms with Crippen LogP contribution >= 0.6 is 0 Å². The summed E-state index contributed by atoms with van der Waals surface area (Å²) in [7, 11) is 1.46. The molecule has 2 nitrogen and oxygen atoms in total. The summed E-state index contributed by atoms with van der Waals surface area (Å²) in [5.41, 5.74) is 3.79. The molecule has 0 aliphatic rings. The van der Waals surface area contributed by atoms with Gasteiger partial charge in [0, 0.05) is 0 Å². The number of esters is 1. The van der Waals surface area contributed by atoms with Crippen LogP contribution in [0.2, 0.25) is 0 Å². The minimum atomic E-state index is -0.124. The summed E-state index contributed by atoms with van der Waals surface area (Å²) in [4.78, 5) is 11.6. The Morgan fingerprint density at radius 1 is 1.28 bits per heavy atom. The molecule has 0 aromatic heterocycles. The lowest BCUT2D eigenvalue weighted by Gasteiger charge is -2.21. The molecule has 1 atom stereocenters. The predicted molar refractivity (Wildman–Crippen MR) is 74.7 cm³/mol. The van der Waals surface area contributed by atoms with E-state index in [1.807, 2.05) is 0 Å². The Morgan fingerprint density at radius 2 is 1.94 bits per heavy atom. The van der Waals surface area contributed by atoms with E-state index in [9.17, 15) is 4.79 Å². The number of hydrogen-bond donors (Lipinski definition) is 0. The molecule has 1 aromatic rings. The highest BCUT2D eigenvalue weighted by molar-refractivity contribution is 5.70. The fraction of sp³-hybridized carbons (Fsp3) is 0.562. The molecular weight excluding hydrogens is 224 g/mol. The number of methoxy groups -OCH3 is 1. The van der Waals surface area contributed by atoms with Crippen LogP contribution in [0.1, 0.15) is 49.3 Å².